The van der Waals surface area contributed by atoms with Gasteiger partial charge < -0.3 is 29.4 Å². The van der Waals surface area contributed by atoms with Crippen molar-refractivity contribution in [1.82, 2.24) is 0 Å². The van der Waals surface area contributed by atoms with Crippen LogP contribution in [0.25, 0.3) is 0 Å². The van der Waals surface area contributed by atoms with E-state index in [0.29, 0.717) is 28.5 Å². The Bertz CT molecular complexity index is 823. The number of carbonyl (C=O) groups excluding carboxylic acids is 1. The van der Waals surface area contributed by atoms with Crippen LogP contribution in [0.1, 0.15) is 15.9 Å². The number of amides is 1. The van der Waals surface area contributed by atoms with Crippen LogP contribution in [-0.4, -0.2) is 45.4 Å². The number of ether oxygens (including phenoxy) is 4. The normalized spacial score (nSPS) is 10.1. The van der Waals surface area contributed by atoms with Gasteiger partial charge in [-0.25, -0.2) is 4.79 Å². The van der Waals surface area contributed by atoms with Crippen LogP contribution in [0.5, 0.6) is 23.0 Å². The van der Waals surface area contributed by atoms with E-state index in [-0.39, 0.29) is 23.6 Å². The number of hydrogen-bond acceptors (Lipinski definition) is 6. The van der Waals surface area contributed by atoms with Crippen LogP contribution in [0.15, 0.2) is 30.3 Å². The van der Waals surface area contributed by atoms with Crippen molar-refractivity contribution < 1.29 is 33.6 Å². The average molecular weight is 375 g/mol. The van der Waals surface area contributed by atoms with Crippen molar-refractivity contribution in [3.05, 3.63) is 41.5 Å². The van der Waals surface area contributed by atoms with Gasteiger partial charge in [0.1, 0.15) is 5.75 Å². The van der Waals surface area contributed by atoms with Crippen molar-refractivity contribution in [2.24, 2.45) is 0 Å². The second kappa shape index (κ2) is 8.79. The van der Waals surface area contributed by atoms with E-state index in [1.54, 1.807) is 12.1 Å². The molecular formula is C19H21NO7. The maximum Gasteiger partial charge on any atom is 0.335 e. The molecule has 0 radical (unpaired) electrons. The van der Waals surface area contributed by atoms with Crippen LogP contribution < -0.4 is 24.3 Å². The quantitative estimate of drug-likeness (QED) is 0.731. The summed E-state index contributed by atoms with van der Waals surface area (Å²) in [7, 11) is 5.89. The highest BCUT2D eigenvalue weighted by molar-refractivity contribution is 5.95. The lowest BCUT2D eigenvalue weighted by atomic mass is 10.1. The van der Waals surface area contributed by atoms with E-state index >= 15 is 0 Å². The average Bonchev–Trinajstić information content (AvgIpc) is 2.66. The van der Waals surface area contributed by atoms with Crippen molar-refractivity contribution in [2.45, 2.75) is 6.42 Å². The standard InChI is InChI=1S/C19H21NO7/c1-24-14-10-12(19(22)23)5-6-13(14)20-17(21)9-11-7-15(25-2)18(27-4)16(8-11)26-3/h5-8,10H,9H2,1-4H3,(H,20,21)(H,22,23). The lowest BCUT2D eigenvalue weighted by Gasteiger charge is -2.14. The summed E-state index contributed by atoms with van der Waals surface area (Å²) in [6.07, 6.45) is 0.0422. The van der Waals surface area contributed by atoms with Crippen LogP contribution in [0.4, 0.5) is 5.69 Å². The number of carbonyl (C=O) groups is 2. The Hall–Kier alpha value is -3.42. The van der Waals surface area contributed by atoms with Gasteiger partial charge in [0.25, 0.3) is 0 Å². The number of methoxy groups -OCH3 is 4. The maximum absolute atomic E-state index is 12.4. The molecule has 0 aliphatic carbocycles. The number of benzene rings is 2. The van der Waals surface area contributed by atoms with E-state index in [0.717, 1.165) is 0 Å². The molecule has 0 bridgehead atoms. The van der Waals surface area contributed by atoms with E-state index in [2.05, 4.69) is 5.32 Å². The van der Waals surface area contributed by atoms with Gasteiger partial charge in [-0.15, -0.1) is 0 Å². The first-order valence-corrected chi connectivity index (χ1v) is 7.93. The van der Waals surface area contributed by atoms with E-state index in [4.69, 9.17) is 24.1 Å². The van der Waals surface area contributed by atoms with Crippen molar-refractivity contribution in [1.29, 1.82) is 0 Å². The Kier molecular flexibility index (Phi) is 6.48. The summed E-state index contributed by atoms with van der Waals surface area (Å²) in [6, 6.07) is 7.59. The molecular weight excluding hydrogens is 354 g/mol. The lowest BCUT2D eigenvalue weighted by Crippen LogP contribution is -2.15. The molecule has 0 fully saturated rings. The Morgan fingerprint density at radius 1 is 0.889 bits per heavy atom. The molecule has 0 aliphatic heterocycles. The third-order valence-corrected chi connectivity index (χ3v) is 3.81. The van der Waals surface area contributed by atoms with E-state index in [9.17, 15) is 9.59 Å². The van der Waals surface area contributed by atoms with Gasteiger partial charge in [0, 0.05) is 0 Å². The predicted molar refractivity (Wildman–Crippen MR) is 98.4 cm³/mol. The van der Waals surface area contributed by atoms with Crippen molar-refractivity contribution in [2.75, 3.05) is 33.8 Å². The zero-order valence-corrected chi connectivity index (χ0v) is 15.5. The summed E-state index contributed by atoms with van der Waals surface area (Å²) < 4.78 is 21.0. The summed E-state index contributed by atoms with van der Waals surface area (Å²) in [6.45, 7) is 0. The first kappa shape index (κ1) is 19.9. The van der Waals surface area contributed by atoms with Crippen molar-refractivity contribution in [3.63, 3.8) is 0 Å². The molecule has 27 heavy (non-hydrogen) atoms. The number of rotatable bonds is 8. The third-order valence-electron chi connectivity index (χ3n) is 3.81. The highest BCUT2D eigenvalue weighted by Crippen LogP contribution is 2.38. The van der Waals surface area contributed by atoms with E-state index in [1.807, 2.05) is 0 Å². The number of carboxylic acid groups (broad SMARTS) is 1. The molecule has 0 aromatic heterocycles. The molecule has 8 nitrogen and oxygen atoms in total. The van der Waals surface area contributed by atoms with Gasteiger partial charge in [-0.3, -0.25) is 4.79 Å². The van der Waals surface area contributed by atoms with Crippen molar-refractivity contribution >= 4 is 17.6 Å². The van der Waals surface area contributed by atoms with Gasteiger partial charge in [0.05, 0.1) is 46.1 Å². The fourth-order valence-electron chi connectivity index (χ4n) is 2.54. The smallest absolute Gasteiger partial charge is 0.335 e. The van der Waals surface area contributed by atoms with E-state index < -0.39 is 5.97 Å². The molecule has 2 N–H and O–H groups in total. The van der Waals surface area contributed by atoms with Gasteiger partial charge in [0.15, 0.2) is 11.5 Å². The molecule has 0 spiro atoms. The molecule has 8 heteroatoms. The van der Waals surface area contributed by atoms with Crippen LogP contribution >= 0.6 is 0 Å². The molecule has 0 saturated heterocycles. The first-order valence-electron chi connectivity index (χ1n) is 7.93. The number of nitrogens with one attached hydrogen (secondary N) is 1. The van der Waals surface area contributed by atoms with Gasteiger partial charge in [-0.2, -0.15) is 0 Å². The third kappa shape index (κ3) is 4.60. The molecule has 2 aromatic carbocycles. The van der Waals surface area contributed by atoms with Crippen LogP contribution in [0.3, 0.4) is 0 Å². The monoisotopic (exact) mass is 375 g/mol. The highest BCUT2D eigenvalue weighted by atomic mass is 16.5. The lowest BCUT2D eigenvalue weighted by molar-refractivity contribution is -0.115. The summed E-state index contributed by atoms with van der Waals surface area (Å²) >= 11 is 0. The Labute approximate surface area is 156 Å². The fraction of sp³-hybridized carbons (Fsp3) is 0.263. The molecule has 2 aromatic rings. The number of carboxylic acids is 1. The summed E-state index contributed by atoms with van der Waals surface area (Å²) in [5.74, 6) is 0.198. The van der Waals surface area contributed by atoms with Gasteiger partial charge in [0.2, 0.25) is 11.7 Å². The number of hydrogen-bond donors (Lipinski definition) is 2. The zero-order chi connectivity index (χ0) is 20.0. The molecule has 1 amide bonds. The Morgan fingerprint density at radius 2 is 1.48 bits per heavy atom. The predicted octanol–water partition coefficient (Wildman–Crippen LogP) is 2.60. The molecule has 0 unspecified atom stereocenters. The van der Waals surface area contributed by atoms with Crippen LogP contribution in [0.2, 0.25) is 0 Å². The molecule has 0 aliphatic rings. The number of aromatic carboxylic acids is 1. The summed E-state index contributed by atoms with van der Waals surface area (Å²) in [5, 5.41) is 11.7. The first-order chi connectivity index (χ1) is 12.9. The molecule has 0 saturated carbocycles. The zero-order valence-electron chi connectivity index (χ0n) is 15.5. The van der Waals surface area contributed by atoms with Crippen molar-refractivity contribution in [3.8, 4) is 23.0 Å². The second-order valence-corrected chi connectivity index (χ2v) is 5.48. The minimum Gasteiger partial charge on any atom is -0.495 e. The minimum absolute atomic E-state index is 0.0422. The Balaban J connectivity index is 2.22. The largest absolute Gasteiger partial charge is 0.495 e. The van der Waals surface area contributed by atoms with Gasteiger partial charge >= 0.3 is 5.97 Å². The molecule has 144 valence electrons. The molecule has 0 atom stereocenters. The fourth-order valence-corrected chi connectivity index (χ4v) is 2.54. The van der Waals surface area contributed by atoms with Crippen LogP contribution in [-0.2, 0) is 11.2 Å². The Morgan fingerprint density at radius 3 is 1.96 bits per heavy atom. The minimum atomic E-state index is -1.08. The highest BCUT2D eigenvalue weighted by Gasteiger charge is 2.16. The van der Waals surface area contributed by atoms with Gasteiger partial charge in [-0.05, 0) is 35.9 Å². The van der Waals surface area contributed by atoms with Gasteiger partial charge in [-0.1, -0.05) is 0 Å². The number of anilines is 1. The summed E-state index contributed by atoms with van der Waals surface area (Å²) in [5.41, 5.74) is 1.09. The maximum atomic E-state index is 12.4. The topological polar surface area (TPSA) is 103 Å². The van der Waals surface area contributed by atoms with Crippen LogP contribution in [0, 0.1) is 0 Å². The second-order valence-electron chi connectivity index (χ2n) is 5.48. The SMILES string of the molecule is COc1cc(C(=O)O)ccc1NC(=O)Cc1cc(OC)c(OC)c(OC)c1. The molecule has 2 rings (SSSR count). The molecule has 0 heterocycles. The van der Waals surface area contributed by atoms with E-state index in [1.165, 1.54) is 46.6 Å². The summed E-state index contributed by atoms with van der Waals surface area (Å²) in [4.78, 5) is 23.5.